The highest BCUT2D eigenvalue weighted by Gasteiger charge is 2.14. The van der Waals surface area contributed by atoms with Crippen molar-refractivity contribution in [1.82, 2.24) is 19.7 Å². The number of carbonyl (C=O) groups excluding carboxylic acids is 1. The van der Waals surface area contributed by atoms with Crippen LogP contribution in [0.2, 0.25) is 0 Å². The lowest BCUT2D eigenvalue weighted by Gasteiger charge is -2.15. The molecule has 2 aromatic heterocycles. The Morgan fingerprint density at radius 3 is 2.75 bits per heavy atom. The molecule has 0 saturated carbocycles. The van der Waals surface area contributed by atoms with Gasteiger partial charge in [0.15, 0.2) is 0 Å². The fourth-order valence-electron chi connectivity index (χ4n) is 2.57. The van der Waals surface area contributed by atoms with E-state index in [1.54, 1.807) is 17.1 Å². The molecule has 3 rings (SSSR count). The number of anilines is 3. The Labute approximate surface area is 162 Å². The molecule has 0 aliphatic heterocycles. The van der Waals surface area contributed by atoms with E-state index in [0.717, 1.165) is 17.0 Å². The molecule has 0 saturated heterocycles. The van der Waals surface area contributed by atoms with Crippen molar-refractivity contribution >= 4 is 23.4 Å². The molecule has 0 spiro atoms. The summed E-state index contributed by atoms with van der Waals surface area (Å²) in [5.41, 5.74) is 7.34. The standard InChI is InChI=1S/C19H23N7O2/c1-12(2)28-16-7-5-4-6-13(16)8-21-18-15(17(20)27)10-22-19(25-18)24-14-9-23-26(3)11-14/h4-7,9-12H,8H2,1-3H3,(H2,20,27)(H2,21,22,24,25). The van der Waals surface area contributed by atoms with Crippen LogP contribution in [0.1, 0.15) is 29.8 Å². The molecule has 0 fully saturated rings. The maximum absolute atomic E-state index is 11.8. The second kappa shape index (κ2) is 8.38. The third-order valence-electron chi connectivity index (χ3n) is 3.80. The first-order valence-corrected chi connectivity index (χ1v) is 8.83. The lowest BCUT2D eigenvalue weighted by atomic mass is 10.2. The highest BCUT2D eigenvalue weighted by atomic mass is 16.5. The Balaban J connectivity index is 1.82. The van der Waals surface area contributed by atoms with E-state index in [1.807, 2.05) is 45.2 Å². The van der Waals surface area contributed by atoms with Gasteiger partial charge >= 0.3 is 0 Å². The summed E-state index contributed by atoms with van der Waals surface area (Å²) in [5, 5.41) is 10.3. The Morgan fingerprint density at radius 2 is 2.07 bits per heavy atom. The Kier molecular flexibility index (Phi) is 5.73. The van der Waals surface area contributed by atoms with Crippen molar-refractivity contribution in [1.29, 1.82) is 0 Å². The van der Waals surface area contributed by atoms with Crippen LogP contribution in [0.4, 0.5) is 17.5 Å². The molecule has 0 radical (unpaired) electrons. The first kappa shape index (κ1) is 19.2. The van der Waals surface area contributed by atoms with Gasteiger partial charge in [0.1, 0.15) is 11.6 Å². The van der Waals surface area contributed by atoms with Gasteiger partial charge in [-0.2, -0.15) is 10.1 Å². The monoisotopic (exact) mass is 381 g/mol. The number of primary amides is 1. The maximum atomic E-state index is 11.8. The van der Waals surface area contributed by atoms with Crippen LogP contribution in [-0.4, -0.2) is 31.8 Å². The van der Waals surface area contributed by atoms with Crippen LogP contribution in [0.3, 0.4) is 0 Å². The van der Waals surface area contributed by atoms with E-state index < -0.39 is 5.91 Å². The van der Waals surface area contributed by atoms with Gasteiger partial charge in [-0.15, -0.1) is 0 Å². The molecule has 2 heterocycles. The Bertz CT molecular complexity index is 968. The molecular weight excluding hydrogens is 358 g/mol. The second-order valence-electron chi connectivity index (χ2n) is 6.48. The molecule has 28 heavy (non-hydrogen) atoms. The van der Waals surface area contributed by atoms with Gasteiger partial charge in [0, 0.05) is 31.5 Å². The van der Waals surface area contributed by atoms with E-state index >= 15 is 0 Å². The largest absolute Gasteiger partial charge is 0.491 e. The van der Waals surface area contributed by atoms with Crippen molar-refractivity contribution in [3.05, 3.63) is 54.0 Å². The normalized spacial score (nSPS) is 10.7. The first-order chi connectivity index (χ1) is 13.4. The van der Waals surface area contributed by atoms with Gasteiger partial charge in [0.05, 0.1) is 23.6 Å². The highest BCUT2D eigenvalue weighted by molar-refractivity contribution is 5.97. The minimum atomic E-state index is -0.609. The van der Waals surface area contributed by atoms with Gasteiger partial charge < -0.3 is 21.1 Å². The number of amides is 1. The lowest BCUT2D eigenvalue weighted by molar-refractivity contribution is 0.100. The van der Waals surface area contributed by atoms with Crippen molar-refractivity contribution in [3.8, 4) is 5.75 Å². The van der Waals surface area contributed by atoms with E-state index in [4.69, 9.17) is 10.5 Å². The van der Waals surface area contributed by atoms with Gasteiger partial charge in [0.25, 0.3) is 5.91 Å². The van der Waals surface area contributed by atoms with E-state index in [0.29, 0.717) is 18.3 Å². The molecule has 0 aliphatic carbocycles. The van der Waals surface area contributed by atoms with Gasteiger partial charge in [-0.25, -0.2) is 4.98 Å². The van der Waals surface area contributed by atoms with Crippen molar-refractivity contribution < 1.29 is 9.53 Å². The third-order valence-corrected chi connectivity index (χ3v) is 3.80. The summed E-state index contributed by atoms with van der Waals surface area (Å²) in [5.74, 6) is 0.830. The fourth-order valence-corrected chi connectivity index (χ4v) is 2.57. The number of carbonyl (C=O) groups is 1. The van der Waals surface area contributed by atoms with E-state index in [2.05, 4.69) is 25.7 Å². The molecule has 0 bridgehead atoms. The molecule has 9 nitrogen and oxygen atoms in total. The summed E-state index contributed by atoms with van der Waals surface area (Å²) in [6.45, 7) is 4.35. The molecular formula is C19H23N7O2. The minimum absolute atomic E-state index is 0.0525. The number of benzene rings is 1. The number of hydrogen-bond donors (Lipinski definition) is 3. The van der Waals surface area contributed by atoms with E-state index in [9.17, 15) is 4.79 Å². The zero-order chi connectivity index (χ0) is 20.1. The molecule has 1 aromatic carbocycles. The summed E-state index contributed by atoms with van der Waals surface area (Å²) in [6, 6.07) is 7.69. The average molecular weight is 381 g/mol. The first-order valence-electron chi connectivity index (χ1n) is 8.83. The number of nitrogens with one attached hydrogen (secondary N) is 2. The van der Waals surface area contributed by atoms with Gasteiger partial charge in [-0.05, 0) is 19.9 Å². The predicted molar refractivity (Wildman–Crippen MR) is 107 cm³/mol. The number of nitrogens with zero attached hydrogens (tertiary/aromatic N) is 4. The molecule has 0 unspecified atom stereocenters. The predicted octanol–water partition coefficient (Wildman–Crippen LogP) is 2.45. The molecule has 1 amide bonds. The van der Waals surface area contributed by atoms with Crippen LogP contribution in [0, 0.1) is 0 Å². The van der Waals surface area contributed by atoms with Crippen LogP contribution >= 0.6 is 0 Å². The van der Waals surface area contributed by atoms with E-state index in [-0.39, 0.29) is 11.7 Å². The van der Waals surface area contributed by atoms with Crippen LogP contribution in [0.5, 0.6) is 5.75 Å². The van der Waals surface area contributed by atoms with Gasteiger partial charge in [-0.1, -0.05) is 18.2 Å². The van der Waals surface area contributed by atoms with Crippen LogP contribution in [-0.2, 0) is 13.6 Å². The van der Waals surface area contributed by atoms with Crippen LogP contribution in [0.25, 0.3) is 0 Å². The molecule has 0 aliphatic rings. The number of rotatable bonds is 8. The average Bonchev–Trinajstić information content (AvgIpc) is 3.05. The smallest absolute Gasteiger partial charge is 0.254 e. The maximum Gasteiger partial charge on any atom is 0.254 e. The second-order valence-corrected chi connectivity index (χ2v) is 6.48. The molecule has 4 N–H and O–H groups in total. The summed E-state index contributed by atoms with van der Waals surface area (Å²) in [4.78, 5) is 20.3. The summed E-state index contributed by atoms with van der Waals surface area (Å²) >= 11 is 0. The van der Waals surface area contributed by atoms with Gasteiger partial charge in [-0.3, -0.25) is 9.48 Å². The molecule has 9 heteroatoms. The number of aryl methyl sites for hydroxylation is 1. The number of para-hydroxylation sites is 1. The van der Waals surface area contributed by atoms with Crippen molar-refractivity contribution in [2.75, 3.05) is 10.6 Å². The number of ether oxygens (including phenoxy) is 1. The Morgan fingerprint density at radius 1 is 1.29 bits per heavy atom. The molecule has 146 valence electrons. The van der Waals surface area contributed by atoms with Crippen molar-refractivity contribution in [2.24, 2.45) is 12.8 Å². The van der Waals surface area contributed by atoms with E-state index in [1.165, 1.54) is 6.20 Å². The summed E-state index contributed by atoms with van der Waals surface area (Å²) < 4.78 is 7.49. The van der Waals surface area contributed by atoms with Gasteiger partial charge in [0.2, 0.25) is 5.95 Å². The Hall–Kier alpha value is -3.62. The quantitative estimate of drug-likeness (QED) is 0.548. The zero-order valence-corrected chi connectivity index (χ0v) is 16.0. The zero-order valence-electron chi connectivity index (χ0n) is 16.0. The van der Waals surface area contributed by atoms with Crippen LogP contribution in [0.15, 0.2) is 42.9 Å². The minimum Gasteiger partial charge on any atom is -0.491 e. The summed E-state index contributed by atoms with van der Waals surface area (Å²) in [7, 11) is 1.81. The third kappa shape index (κ3) is 4.76. The number of nitrogens with two attached hydrogens (primary N) is 1. The SMILES string of the molecule is CC(C)Oc1ccccc1CNc1nc(Nc2cnn(C)c2)ncc1C(N)=O. The van der Waals surface area contributed by atoms with Crippen LogP contribution < -0.4 is 21.1 Å². The topological polar surface area (TPSA) is 120 Å². The molecule has 3 aromatic rings. The lowest BCUT2D eigenvalue weighted by Crippen LogP contribution is -2.17. The number of hydrogen-bond acceptors (Lipinski definition) is 7. The molecule has 0 atom stereocenters. The number of aromatic nitrogens is 4. The van der Waals surface area contributed by atoms with Crippen molar-refractivity contribution in [2.45, 2.75) is 26.5 Å². The highest BCUT2D eigenvalue weighted by Crippen LogP contribution is 2.22. The summed E-state index contributed by atoms with van der Waals surface area (Å²) in [6.07, 6.45) is 4.89. The van der Waals surface area contributed by atoms with Crippen molar-refractivity contribution in [3.63, 3.8) is 0 Å². The fraction of sp³-hybridized carbons (Fsp3) is 0.263.